The standard InChI is InChI=1S/C12H25NO2S/c1-3-11(13-2)5-4-10-16(14)12-6-8-15-9-7-12/h11-13H,3-10H2,1-2H3. The van der Waals surface area contributed by atoms with Gasteiger partial charge in [-0.15, -0.1) is 0 Å². The monoisotopic (exact) mass is 247 g/mol. The van der Waals surface area contributed by atoms with Gasteiger partial charge in [0.25, 0.3) is 0 Å². The first-order valence-electron chi connectivity index (χ1n) is 6.40. The molecule has 4 heteroatoms. The predicted molar refractivity (Wildman–Crippen MR) is 69.2 cm³/mol. The fourth-order valence-corrected chi connectivity index (χ4v) is 3.63. The minimum atomic E-state index is -0.635. The van der Waals surface area contributed by atoms with Crippen molar-refractivity contribution in [1.29, 1.82) is 0 Å². The molecule has 0 bridgehead atoms. The van der Waals surface area contributed by atoms with Crippen LogP contribution in [0.4, 0.5) is 0 Å². The van der Waals surface area contributed by atoms with E-state index in [-0.39, 0.29) is 0 Å². The second kappa shape index (κ2) is 8.20. The highest BCUT2D eigenvalue weighted by atomic mass is 32.2. The molecule has 2 atom stereocenters. The molecule has 1 saturated heterocycles. The van der Waals surface area contributed by atoms with Crippen LogP contribution >= 0.6 is 0 Å². The lowest BCUT2D eigenvalue weighted by atomic mass is 10.1. The smallest absolute Gasteiger partial charge is 0.0477 e. The molecule has 2 unspecified atom stereocenters. The summed E-state index contributed by atoms with van der Waals surface area (Å²) in [6.07, 6.45) is 5.33. The highest BCUT2D eigenvalue weighted by molar-refractivity contribution is 7.85. The number of ether oxygens (including phenoxy) is 1. The van der Waals surface area contributed by atoms with Crippen molar-refractivity contribution in [2.45, 2.75) is 50.3 Å². The molecule has 0 amide bonds. The molecule has 1 aliphatic heterocycles. The Morgan fingerprint density at radius 1 is 1.44 bits per heavy atom. The third-order valence-electron chi connectivity index (χ3n) is 3.34. The Kier molecular flexibility index (Phi) is 7.25. The van der Waals surface area contributed by atoms with Gasteiger partial charge in [0.2, 0.25) is 0 Å². The van der Waals surface area contributed by atoms with Crippen LogP contribution < -0.4 is 5.32 Å². The Hall–Kier alpha value is 0.0700. The molecule has 0 spiro atoms. The van der Waals surface area contributed by atoms with Crippen LogP contribution in [0.5, 0.6) is 0 Å². The Labute approximate surface area is 102 Å². The van der Waals surface area contributed by atoms with Crippen LogP contribution in [0.25, 0.3) is 0 Å². The molecular weight excluding hydrogens is 222 g/mol. The minimum absolute atomic E-state index is 0.392. The van der Waals surface area contributed by atoms with Gasteiger partial charge in [-0.05, 0) is 39.2 Å². The van der Waals surface area contributed by atoms with Crippen LogP contribution in [-0.4, -0.2) is 41.5 Å². The number of rotatable bonds is 7. The summed E-state index contributed by atoms with van der Waals surface area (Å²) in [5.74, 6) is 0.864. The van der Waals surface area contributed by atoms with Crippen LogP contribution in [0.3, 0.4) is 0 Å². The fourth-order valence-electron chi connectivity index (χ4n) is 2.13. The van der Waals surface area contributed by atoms with Gasteiger partial charge in [0.05, 0.1) is 0 Å². The average Bonchev–Trinajstić information content (AvgIpc) is 2.35. The van der Waals surface area contributed by atoms with E-state index in [4.69, 9.17) is 4.74 Å². The van der Waals surface area contributed by atoms with Gasteiger partial charge in [0, 0.05) is 41.1 Å². The molecule has 0 aromatic heterocycles. The minimum Gasteiger partial charge on any atom is -0.381 e. The van der Waals surface area contributed by atoms with Crippen LogP contribution in [-0.2, 0) is 15.5 Å². The maximum absolute atomic E-state index is 12.0. The second-order valence-electron chi connectivity index (χ2n) is 4.43. The molecule has 1 rings (SSSR count). The first-order valence-corrected chi connectivity index (χ1v) is 7.78. The van der Waals surface area contributed by atoms with Crippen molar-refractivity contribution in [1.82, 2.24) is 5.32 Å². The molecule has 0 radical (unpaired) electrons. The van der Waals surface area contributed by atoms with Gasteiger partial charge >= 0.3 is 0 Å². The molecular formula is C12H25NO2S. The number of nitrogens with one attached hydrogen (secondary N) is 1. The fraction of sp³-hybridized carbons (Fsp3) is 1.00. The summed E-state index contributed by atoms with van der Waals surface area (Å²) in [6, 6.07) is 0.590. The molecule has 1 fully saturated rings. The van der Waals surface area contributed by atoms with Crippen molar-refractivity contribution in [3.05, 3.63) is 0 Å². The zero-order valence-electron chi connectivity index (χ0n) is 10.5. The zero-order valence-corrected chi connectivity index (χ0v) is 11.4. The van der Waals surface area contributed by atoms with Gasteiger partial charge in [-0.1, -0.05) is 6.92 Å². The Balaban J connectivity index is 2.13. The van der Waals surface area contributed by atoms with E-state index in [0.29, 0.717) is 11.3 Å². The van der Waals surface area contributed by atoms with Gasteiger partial charge in [0.1, 0.15) is 0 Å². The molecule has 16 heavy (non-hydrogen) atoms. The van der Waals surface area contributed by atoms with E-state index in [2.05, 4.69) is 12.2 Å². The molecule has 0 saturated carbocycles. The summed E-state index contributed by atoms with van der Waals surface area (Å²) in [7, 11) is 1.37. The molecule has 1 aliphatic rings. The summed E-state index contributed by atoms with van der Waals surface area (Å²) >= 11 is 0. The Bertz CT molecular complexity index is 201. The predicted octanol–water partition coefficient (Wildman–Crippen LogP) is 1.69. The lowest BCUT2D eigenvalue weighted by Gasteiger charge is -2.21. The van der Waals surface area contributed by atoms with E-state index in [1.54, 1.807) is 0 Å². The van der Waals surface area contributed by atoms with Crippen LogP contribution in [0, 0.1) is 0 Å². The molecule has 0 aromatic rings. The molecule has 3 nitrogen and oxygen atoms in total. The lowest BCUT2D eigenvalue weighted by molar-refractivity contribution is 0.0992. The maximum Gasteiger partial charge on any atom is 0.0477 e. The number of hydrogen-bond donors (Lipinski definition) is 1. The molecule has 1 heterocycles. The van der Waals surface area contributed by atoms with Crippen molar-refractivity contribution in [3.63, 3.8) is 0 Å². The molecule has 1 N–H and O–H groups in total. The summed E-state index contributed by atoms with van der Waals surface area (Å²) in [6.45, 7) is 3.78. The first kappa shape index (κ1) is 14.1. The van der Waals surface area contributed by atoms with E-state index < -0.39 is 10.8 Å². The van der Waals surface area contributed by atoms with Gasteiger partial charge in [-0.3, -0.25) is 4.21 Å². The maximum atomic E-state index is 12.0. The van der Waals surface area contributed by atoms with E-state index in [1.807, 2.05) is 7.05 Å². The zero-order chi connectivity index (χ0) is 11.8. The van der Waals surface area contributed by atoms with Gasteiger partial charge < -0.3 is 10.1 Å². The van der Waals surface area contributed by atoms with Gasteiger partial charge in [-0.2, -0.15) is 0 Å². The second-order valence-corrected chi connectivity index (χ2v) is 6.27. The third-order valence-corrected chi connectivity index (χ3v) is 5.25. The van der Waals surface area contributed by atoms with Crippen LogP contribution in [0.1, 0.15) is 39.0 Å². The highest BCUT2D eigenvalue weighted by Gasteiger charge is 2.19. The topological polar surface area (TPSA) is 38.3 Å². The average molecular weight is 247 g/mol. The highest BCUT2D eigenvalue weighted by Crippen LogP contribution is 2.14. The SMILES string of the molecule is CCC(CCCS(=O)C1CCOCC1)NC. The van der Waals surface area contributed by atoms with Crippen molar-refractivity contribution in [2.75, 3.05) is 26.0 Å². The van der Waals surface area contributed by atoms with Crippen molar-refractivity contribution in [2.24, 2.45) is 0 Å². The van der Waals surface area contributed by atoms with E-state index in [0.717, 1.165) is 51.1 Å². The summed E-state index contributed by atoms with van der Waals surface area (Å²) in [5.41, 5.74) is 0. The summed E-state index contributed by atoms with van der Waals surface area (Å²) < 4.78 is 17.3. The molecule has 0 aromatic carbocycles. The third kappa shape index (κ3) is 4.93. The van der Waals surface area contributed by atoms with Gasteiger partial charge in [0.15, 0.2) is 0 Å². The van der Waals surface area contributed by atoms with Crippen LogP contribution in [0.2, 0.25) is 0 Å². The van der Waals surface area contributed by atoms with Crippen LogP contribution in [0.15, 0.2) is 0 Å². The van der Waals surface area contributed by atoms with Gasteiger partial charge in [-0.25, -0.2) is 0 Å². The molecule has 96 valence electrons. The van der Waals surface area contributed by atoms with E-state index in [1.165, 1.54) is 0 Å². The van der Waals surface area contributed by atoms with Crippen molar-refractivity contribution < 1.29 is 8.95 Å². The Morgan fingerprint density at radius 3 is 2.69 bits per heavy atom. The molecule has 0 aliphatic carbocycles. The first-order chi connectivity index (χ1) is 7.77. The summed E-state index contributed by atoms with van der Waals surface area (Å²) in [5, 5.41) is 3.68. The van der Waals surface area contributed by atoms with E-state index >= 15 is 0 Å². The van der Waals surface area contributed by atoms with E-state index in [9.17, 15) is 4.21 Å². The normalized spacial score (nSPS) is 21.9. The quantitative estimate of drug-likeness (QED) is 0.744. The largest absolute Gasteiger partial charge is 0.381 e. The number of hydrogen-bond acceptors (Lipinski definition) is 3. The van der Waals surface area contributed by atoms with Crippen molar-refractivity contribution >= 4 is 10.8 Å². The van der Waals surface area contributed by atoms with Crippen molar-refractivity contribution in [3.8, 4) is 0 Å². The lowest BCUT2D eigenvalue weighted by Crippen LogP contribution is -2.28. The Morgan fingerprint density at radius 2 is 2.12 bits per heavy atom. The summed E-state index contributed by atoms with van der Waals surface area (Å²) in [4.78, 5) is 0.